The van der Waals surface area contributed by atoms with Gasteiger partial charge in [0, 0.05) is 18.2 Å². The molecule has 13 heavy (non-hydrogen) atoms. The van der Waals surface area contributed by atoms with Crippen LogP contribution in [0.3, 0.4) is 0 Å². The topological polar surface area (TPSA) is 30.2 Å². The monoisotopic (exact) mass is 194 g/mol. The lowest BCUT2D eigenvalue weighted by atomic mass is 10.2. The maximum Gasteiger partial charge on any atom is 0.189 e. The molecule has 2 heterocycles. The van der Waals surface area contributed by atoms with Gasteiger partial charge in [-0.15, -0.1) is 11.8 Å². The minimum absolute atomic E-state index is 0.106. The molecule has 0 spiro atoms. The molecule has 1 aliphatic heterocycles. The number of hydrogen-bond donors (Lipinski definition) is 0. The Bertz CT molecular complexity index is 404. The lowest BCUT2D eigenvalue weighted by molar-refractivity contribution is 0.483. The molecule has 68 valence electrons. The fraction of sp³-hybridized carbons (Fsp3) is 0.300. The van der Waals surface area contributed by atoms with Crippen LogP contribution in [0.5, 0.6) is 0 Å². The fourth-order valence-electron chi connectivity index (χ4n) is 1.28. The third-order valence-electron chi connectivity index (χ3n) is 2.02. The molecule has 1 aromatic rings. The Hall–Kier alpha value is -0.960. The van der Waals surface area contributed by atoms with Crippen molar-refractivity contribution in [3.05, 3.63) is 38.8 Å². The number of thioether (sulfide) groups is 1. The first kappa shape index (κ1) is 8.63. The van der Waals surface area contributed by atoms with Crippen LogP contribution in [0.4, 0.5) is 0 Å². The summed E-state index contributed by atoms with van der Waals surface area (Å²) in [4.78, 5) is 11.5. The Morgan fingerprint density at radius 3 is 3.23 bits per heavy atom. The standard InChI is InChI=1S/C10H10O2S/c1-2-7-5-9(11)8-6-13-4-3-10(8)12-7/h3-5H,2,6H2,1H3. The third-order valence-corrected chi connectivity index (χ3v) is 2.80. The zero-order chi connectivity index (χ0) is 9.26. The summed E-state index contributed by atoms with van der Waals surface area (Å²) in [5, 5.41) is 1.96. The highest BCUT2D eigenvalue weighted by molar-refractivity contribution is 8.01. The Morgan fingerprint density at radius 1 is 1.62 bits per heavy atom. The Morgan fingerprint density at radius 2 is 2.46 bits per heavy atom. The van der Waals surface area contributed by atoms with Crippen molar-refractivity contribution in [3.8, 4) is 0 Å². The van der Waals surface area contributed by atoms with Gasteiger partial charge in [0.15, 0.2) is 5.43 Å². The van der Waals surface area contributed by atoms with Crippen LogP contribution in [0, 0.1) is 0 Å². The van der Waals surface area contributed by atoms with Crippen LogP contribution < -0.4 is 5.43 Å². The first-order valence-electron chi connectivity index (χ1n) is 4.25. The van der Waals surface area contributed by atoms with E-state index < -0.39 is 0 Å². The molecule has 0 saturated heterocycles. The smallest absolute Gasteiger partial charge is 0.189 e. The predicted molar refractivity (Wildman–Crippen MR) is 54.7 cm³/mol. The molecule has 2 nitrogen and oxygen atoms in total. The third kappa shape index (κ3) is 1.56. The van der Waals surface area contributed by atoms with E-state index in [9.17, 15) is 4.79 Å². The Kier molecular flexibility index (Phi) is 2.27. The van der Waals surface area contributed by atoms with Crippen LogP contribution in [0.2, 0.25) is 0 Å². The van der Waals surface area contributed by atoms with Gasteiger partial charge in [-0.3, -0.25) is 4.79 Å². The van der Waals surface area contributed by atoms with Crippen molar-refractivity contribution in [3.63, 3.8) is 0 Å². The van der Waals surface area contributed by atoms with Crippen molar-refractivity contribution in [1.82, 2.24) is 0 Å². The molecule has 3 heteroatoms. The van der Waals surface area contributed by atoms with E-state index in [0.717, 1.165) is 29.3 Å². The minimum Gasteiger partial charge on any atom is -0.461 e. The SMILES string of the molecule is CCc1cc(=O)c2c(o1)C=CSC2. The number of hydrogen-bond acceptors (Lipinski definition) is 3. The largest absolute Gasteiger partial charge is 0.461 e. The first-order valence-corrected chi connectivity index (χ1v) is 5.30. The molecule has 0 bridgehead atoms. The molecule has 1 aliphatic rings. The summed E-state index contributed by atoms with van der Waals surface area (Å²) in [6.07, 6.45) is 2.63. The summed E-state index contributed by atoms with van der Waals surface area (Å²) >= 11 is 1.62. The molecular formula is C10H10O2S. The van der Waals surface area contributed by atoms with Crippen molar-refractivity contribution >= 4 is 17.8 Å². The van der Waals surface area contributed by atoms with Crippen LogP contribution in [0.25, 0.3) is 6.08 Å². The molecule has 2 rings (SSSR count). The molecule has 0 N–H and O–H groups in total. The highest BCUT2D eigenvalue weighted by Crippen LogP contribution is 2.23. The van der Waals surface area contributed by atoms with Gasteiger partial charge in [0.25, 0.3) is 0 Å². The fourth-order valence-corrected chi connectivity index (χ4v) is 2.05. The first-order chi connectivity index (χ1) is 6.31. The van der Waals surface area contributed by atoms with E-state index in [0.29, 0.717) is 0 Å². The van der Waals surface area contributed by atoms with E-state index in [1.165, 1.54) is 0 Å². The molecule has 0 saturated carbocycles. The molecule has 0 radical (unpaired) electrons. The van der Waals surface area contributed by atoms with Crippen LogP contribution in [-0.4, -0.2) is 0 Å². The predicted octanol–water partition coefficient (Wildman–Crippen LogP) is 2.42. The molecule has 0 unspecified atom stereocenters. The molecule has 0 amide bonds. The summed E-state index contributed by atoms with van der Waals surface area (Å²) in [6.45, 7) is 1.98. The van der Waals surface area contributed by atoms with E-state index in [1.807, 2.05) is 18.4 Å². The van der Waals surface area contributed by atoms with Crippen molar-refractivity contribution in [1.29, 1.82) is 0 Å². The van der Waals surface area contributed by atoms with Crippen LogP contribution in [0.1, 0.15) is 24.0 Å². The number of rotatable bonds is 1. The van der Waals surface area contributed by atoms with E-state index in [-0.39, 0.29) is 5.43 Å². The highest BCUT2D eigenvalue weighted by atomic mass is 32.2. The molecule has 0 fully saturated rings. The van der Waals surface area contributed by atoms with E-state index in [1.54, 1.807) is 17.8 Å². The second-order valence-electron chi connectivity index (χ2n) is 2.89. The summed E-state index contributed by atoms with van der Waals surface area (Å²) in [6, 6.07) is 1.60. The lowest BCUT2D eigenvalue weighted by Crippen LogP contribution is -2.11. The minimum atomic E-state index is 0.106. The van der Waals surface area contributed by atoms with Gasteiger partial charge in [0.2, 0.25) is 0 Å². The van der Waals surface area contributed by atoms with Crippen molar-refractivity contribution in [2.45, 2.75) is 19.1 Å². The van der Waals surface area contributed by atoms with Gasteiger partial charge in [-0.1, -0.05) is 6.92 Å². The van der Waals surface area contributed by atoms with Crippen molar-refractivity contribution in [2.24, 2.45) is 0 Å². The second kappa shape index (κ2) is 3.42. The normalized spacial score (nSPS) is 14.2. The van der Waals surface area contributed by atoms with Gasteiger partial charge in [0.05, 0.1) is 5.56 Å². The summed E-state index contributed by atoms with van der Waals surface area (Å²) in [5.41, 5.74) is 0.902. The quantitative estimate of drug-likeness (QED) is 0.687. The van der Waals surface area contributed by atoms with Crippen molar-refractivity contribution < 1.29 is 4.42 Å². The molecule has 0 atom stereocenters. The summed E-state index contributed by atoms with van der Waals surface area (Å²) in [5.74, 6) is 2.24. The van der Waals surface area contributed by atoms with Crippen molar-refractivity contribution in [2.75, 3.05) is 0 Å². The van der Waals surface area contributed by atoms with Gasteiger partial charge >= 0.3 is 0 Å². The van der Waals surface area contributed by atoms with Crippen LogP contribution >= 0.6 is 11.8 Å². The maximum absolute atomic E-state index is 11.5. The van der Waals surface area contributed by atoms with E-state index in [2.05, 4.69) is 0 Å². The Balaban J connectivity index is 2.62. The van der Waals surface area contributed by atoms with Gasteiger partial charge < -0.3 is 4.42 Å². The van der Waals surface area contributed by atoms with Crippen LogP contribution in [-0.2, 0) is 12.2 Å². The zero-order valence-corrected chi connectivity index (χ0v) is 8.19. The Labute approximate surface area is 80.7 Å². The number of aryl methyl sites for hydroxylation is 1. The van der Waals surface area contributed by atoms with Gasteiger partial charge in [-0.05, 0) is 11.5 Å². The maximum atomic E-state index is 11.5. The van der Waals surface area contributed by atoms with E-state index in [4.69, 9.17) is 4.42 Å². The number of fused-ring (bicyclic) bond motifs is 1. The second-order valence-corrected chi connectivity index (χ2v) is 3.78. The average molecular weight is 194 g/mol. The molecule has 0 aliphatic carbocycles. The lowest BCUT2D eigenvalue weighted by Gasteiger charge is -2.08. The average Bonchev–Trinajstić information content (AvgIpc) is 2.18. The van der Waals surface area contributed by atoms with Gasteiger partial charge in [-0.2, -0.15) is 0 Å². The van der Waals surface area contributed by atoms with Crippen LogP contribution in [0.15, 0.2) is 20.7 Å². The summed E-state index contributed by atoms with van der Waals surface area (Å²) < 4.78 is 5.53. The molecular weight excluding hydrogens is 184 g/mol. The molecule has 0 aromatic carbocycles. The van der Waals surface area contributed by atoms with Gasteiger partial charge in [-0.25, -0.2) is 0 Å². The highest BCUT2D eigenvalue weighted by Gasteiger charge is 2.11. The zero-order valence-electron chi connectivity index (χ0n) is 7.37. The summed E-state index contributed by atoms with van der Waals surface area (Å²) in [7, 11) is 0. The van der Waals surface area contributed by atoms with Gasteiger partial charge in [0.1, 0.15) is 11.5 Å². The molecule has 1 aromatic heterocycles. The van der Waals surface area contributed by atoms with E-state index >= 15 is 0 Å².